The molecule has 0 spiro atoms. The number of hydrogen-bond donors (Lipinski definition) is 0. The van der Waals surface area contributed by atoms with Gasteiger partial charge in [0.1, 0.15) is 0 Å². The number of oxazole rings is 1. The number of thiophene rings is 1. The van der Waals surface area contributed by atoms with Gasteiger partial charge in [-0.2, -0.15) is 0 Å². The van der Waals surface area contributed by atoms with Crippen molar-refractivity contribution in [3.05, 3.63) is 65.4 Å². The summed E-state index contributed by atoms with van der Waals surface area (Å²) in [6.45, 7) is 0. The molecule has 4 heteroatoms. The number of rotatable bonds is 3. The molecular weight excluding hydrogens is 246 g/mol. The Kier molecular flexibility index (Phi) is 2.78. The lowest BCUT2D eigenvalue weighted by molar-refractivity contribution is 0.101. The minimum Gasteiger partial charge on any atom is -0.432 e. The van der Waals surface area contributed by atoms with Crippen LogP contribution < -0.4 is 0 Å². The highest BCUT2D eigenvalue weighted by Crippen LogP contribution is 2.24. The maximum atomic E-state index is 12.1. The third-order valence-electron chi connectivity index (χ3n) is 2.50. The molecule has 0 radical (unpaired) electrons. The minimum absolute atomic E-state index is 0.147. The van der Waals surface area contributed by atoms with Gasteiger partial charge in [0.05, 0.1) is 11.1 Å². The van der Waals surface area contributed by atoms with E-state index in [-0.39, 0.29) is 11.5 Å². The second kappa shape index (κ2) is 4.58. The molecule has 0 fully saturated rings. The van der Waals surface area contributed by atoms with Gasteiger partial charge in [0.15, 0.2) is 5.76 Å². The molecule has 0 bridgehead atoms. The number of hydrogen-bond acceptors (Lipinski definition) is 4. The van der Waals surface area contributed by atoms with Crippen molar-refractivity contribution in [3.63, 3.8) is 0 Å². The first-order valence-corrected chi connectivity index (χ1v) is 6.32. The van der Waals surface area contributed by atoms with Crippen molar-refractivity contribution in [1.82, 2.24) is 4.98 Å². The zero-order chi connectivity index (χ0) is 12.4. The van der Waals surface area contributed by atoms with E-state index in [0.29, 0.717) is 11.5 Å². The minimum atomic E-state index is -0.147. The van der Waals surface area contributed by atoms with E-state index in [1.165, 1.54) is 17.5 Å². The number of carbonyl (C=O) groups excluding carboxylic acids is 1. The summed E-state index contributed by atoms with van der Waals surface area (Å²) in [5, 5.41) is 1.94. The topological polar surface area (TPSA) is 43.1 Å². The van der Waals surface area contributed by atoms with Crippen molar-refractivity contribution in [1.29, 1.82) is 0 Å². The highest BCUT2D eigenvalue weighted by atomic mass is 32.1. The van der Waals surface area contributed by atoms with Gasteiger partial charge in [0, 0.05) is 5.56 Å². The Balaban J connectivity index is 1.93. The van der Waals surface area contributed by atoms with Crippen molar-refractivity contribution in [3.8, 4) is 10.8 Å². The number of carbonyl (C=O) groups is 1. The highest BCUT2D eigenvalue weighted by molar-refractivity contribution is 7.13. The zero-order valence-corrected chi connectivity index (χ0v) is 10.2. The lowest BCUT2D eigenvalue weighted by Crippen LogP contribution is -1.98. The van der Waals surface area contributed by atoms with Crippen molar-refractivity contribution in [2.75, 3.05) is 0 Å². The first-order valence-electron chi connectivity index (χ1n) is 5.44. The fourth-order valence-electron chi connectivity index (χ4n) is 1.63. The van der Waals surface area contributed by atoms with Crippen LogP contribution in [0.25, 0.3) is 10.8 Å². The molecule has 0 saturated heterocycles. The van der Waals surface area contributed by atoms with Crippen molar-refractivity contribution in [2.45, 2.75) is 0 Å². The van der Waals surface area contributed by atoms with Crippen molar-refractivity contribution in [2.24, 2.45) is 0 Å². The third-order valence-corrected chi connectivity index (χ3v) is 3.36. The average molecular weight is 255 g/mol. The molecule has 3 rings (SSSR count). The summed E-state index contributed by atoms with van der Waals surface area (Å²) < 4.78 is 5.49. The Labute approximate surface area is 108 Å². The van der Waals surface area contributed by atoms with Gasteiger partial charge < -0.3 is 4.42 Å². The monoisotopic (exact) mass is 255 g/mol. The van der Waals surface area contributed by atoms with E-state index in [4.69, 9.17) is 4.42 Å². The van der Waals surface area contributed by atoms with Crippen LogP contribution in [0.4, 0.5) is 0 Å². The molecule has 0 amide bonds. The normalized spacial score (nSPS) is 10.4. The fraction of sp³-hybridized carbons (Fsp3) is 0. The summed E-state index contributed by atoms with van der Waals surface area (Å²) >= 11 is 1.53. The Bertz CT molecular complexity index is 656. The summed E-state index contributed by atoms with van der Waals surface area (Å²) in [6.07, 6.45) is 1.48. The Morgan fingerprint density at radius 1 is 1.11 bits per heavy atom. The van der Waals surface area contributed by atoms with Gasteiger partial charge in [-0.15, -0.1) is 11.3 Å². The summed E-state index contributed by atoms with van der Waals surface area (Å²) in [5.74, 6) is 0.611. The van der Waals surface area contributed by atoms with Crippen LogP contribution in [-0.4, -0.2) is 10.8 Å². The molecule has 0 aliphatic rings. The predicted octanol–water partition coefficient (Wildman–Crippen LogP) is 3.63. The summed E-state index contributed by atoms with van der Waals surface area (Å²) in [7, 11) is 0. The third kappa shape index (κ3) is 1.98. The van der Waals surface area contributed by atoms with Crippen LogP contribution in [0.2, 0.25) is 0 Å². The van der Waals surface area contributed by atoms with Crippen LogP contribution in [0.3, 0.4) is 0 Å². The largest absolute Gasteiger partial charge is 0.432 e. The molecule has 2 heterocycles. The molecule has 0 saturated carbocycles. The maximum absolute atomic E-state index is 12.1. The van der Waals surface area contributed by atoms with Gasteiger partial charge in [-0.1, -0.05) is 36.4 Å². The summed E-state index contributed by atoms with van der Waals surface area (Å²) in [5.41, 5.74) is 0.603. The van der Waals surface area contributed by atoms with Crippen LogP contribution in [0.1, 0.15) is 16.1 Å². The van der Waals surface area contributed by atoms with Gasteiger partial charge in [-0.05, 0) is 11.4 Å². The second-order valence-corrected chi connectivity index (χ2v) is 4.65. The van der Waals surface area contributed by atoms with Gasteiger partial charge >= 0.3 is 0 Å². The Hall–Kier alpha value is -2.20. The number of aromatic nitrogens is 1. The molecule has 0 N–H and O–H groups in total. The first-order chi connectivity index (χ1) is 8.84. The molecule has 2 aromatic heterocycles. The number of nitrogens with zero attached hydrogens (tertiary/aromatic N) is 1. The quantitative estimate of drug-likeness (QED) is 0.671. The lowest BCUT2D eigenvalue weighted by atomic mass is 10.1. The summed E-state index contributed by atoms with van der Waals surface area (Å²) in [4.78, 5) is 17.1. The van der Waals surface area contributed by atoms with E-state index < -0.39 is 0 Å². The molecule has 0 aliphatic heterocycles. The molecule has 1 aromatic carbocycles. The molecule has 0 atom stereocenters. The van der Waals surface area contributed by atoms with E-state index in [9.17, 15) is 4.79 Å². The molecule has 3 aromatic rings. The van der Waals surface area contributed by atoms with E-state index in [1.54, 1.807) is 12.1 Å². The Morgan fingerprint density at radius 2 is 1.94 bits per heavy atom. The number of ketones is 1. The standard InChI is InChI=1S/C14H9NO2S/c16-13(10-5-2-1-3-6-10)11-9-15-14(17-11)12-7-4-8-18-12/h1-9H. The predicted molar refractivity (Wildman–Crippen MR) is 69.7 cm³/mol. The highest BCUT2D eigenvalue weighted by Gasteiger charge is 2.15. The van der Waals surface area contributed by atoms with E-state index in [0.717, 1.165) is 4.88 Å². The van der Waals surface area contributed by atoms with Crippen molar-refractivity contribution < 1.29 is 9.21 Å². The maximum Gasteiger partial charge on any atom is 0.237 e. The van der Waals surface area contributed by atoms with Crippen LogP contribution in [0.5, 0.6) is 0 Å². The summed E-state index contributed by atoms with van der Waals surface area (Å²) in [6, 6.07) is 12.9. The van der Waals surface area contributed by atoms with Crippen LogP contribution in [0, 0.1) is 0 Å². The SMILES string of the molecule is O=C(c1ccccc1)c1cnc(-c2cccs2)o1. The molecule has 0 unspecified atom stereocenters. The molecule has 3 nitrogen and oxygen atoms in total. The van der Waals surface area contributed by atoms with Crippen molar-refractivity contribution >= 4 is 17.1 Å². The van der Waals surface area contributed by atoms with Gasteiger partial charge in [0.25, 0.3) is 0 Å². The van der Waals surface area contributed by atoms with E-state index >= 15 is 0 Å². The molecule has 0 aliphatic carbocycles. The number of benzene rings is 1. The molecular formula is C14H9NO2S. The van der Waals surface area contributed by atoms with Gasteiger partial charge in [-0.25, -0.2) is 4.98 Å². The van der Waals surface area contributed by atoms with E-state index in [2.05, 4.69) is 4.98 Å². The van der Waals surface area contributed by atoms with Crippen LogP contribution >= 0.6 is 11.3 Å². The Morgan fingerprint density at radius 3 is 2.67 bits per heavy atom. The van der Waals surface area contributed by atoms with Crippen LogP contribution in [0.15, 0.2) is 58.5 Å². The van der Waals surface area contributed by atoms with Crippen LogP contribution in [-0.2, 0) is 0 Å². The molecule has 88 valence electrons. The van der Waals surface area contributed by atoms with E-state index in [1.807, 2.05) is 35.7 Å². The second-order valence-electron chi connectivity index (χ2n) is 3.70. The first kappa shape index (κ1) is 10.9. The van der Waals surface area contributed by atoms with Gasteiger partial charge in [-0.3, -0.25) is 4.79 Å². The van der Waals surface area contributed by atoms with Gasteiger partial charge in [0.2, 0.25) is 11.7 Å². The lowest BCUT2D eigenvalue weighted by Gasteiger charge is -1.95. The molecule has 18 heavy (non-hydrogen) atoms. The smallest absolute Gasteiger partial charge is 0.237 e. The average Bonchev–Trinajstić information content (AvgIpc) is 3.09. The zero-order valence-electron chi connectivity index (χ0n) is 9.37. The fourth-order valence-corrected chi connectivity index (χ4v) is 2.28.